The summed E-state index contributed by atoms with van der Waals surface area (Å²) in [5.74, 6) is 0.257. The van der Waals surface area contributed by atoms with Crippen molar-refractivity contribution in [3.8, 4) is 0 Å². The maximum absolute atomic E-state index is 12.2. The average molecular weight is 248 g/mol. The number of nitrogen functional groups attached to an aromatic ring is 1. The third kappa shape index (κ3) is 1.96. The molecule has 1 aromatic rings. The number of fused-ring (bicyclic) bond motifs is 1. The summed E-state index contributed by atoms with van der Waals surface area (Å²) < 4.78 is 0.130. The summed E-state index contributed by atoms with van der Waals surface area (Å²) in [5, 5.41) is 3.36. The van der Waals surface area contributed by atoms with Gasteiger partial charge >= 0.3 is 0 Å². The van der Waals surface area contributed by atoms with E-state index in [2.05, 4.69) is 5.32 Å². The number of rotatable bonds is 0. The molecular weight excluding hydrogens is 232 g/mol. The van der Waals surface area contributed by atoms with Crippen molar-refractivity contribution in [3.05, 3.63) is 23.8 Å². The van der Waals surface area contributed by atoms with Gasteiger partial charge < -0.3 is 11.1 Å². The van der Waals surface area contributed by atoms with Crippen LogP contribution < -0.4 is 11.1 Å². The zero-order valence-corrected chi connectivity index (χ0v) is 10.5. The summed E-state index contributed by atoms with van der Waals surface area (Å²) in [6.07, 6.45) is 2.82. The van der Waals surface area contributed by atoms with Gasteiger partial charge in [-0.2, -0.15) is 0 Å². The Balaban J connectivity index is 1.97. The number of hydrogen-bond acceptors (Lipinski definition) is 4. The highest BCUT2D eigenvalue weighted by atomic mass is 32.2. The summed E-state index contributed by atoms with van der Waals surface area (Å²) in [4.78, 5) is 13.3. The van der Waals surface area contributed by atoms with Crippen LogP contribution in [0.3, 0.4) is 0 Å². The van der Waals surface area contributed by atoms with Crippen LogP contribution >= 0.6 is 11.8 Å². The van der Waals surface area contributed by atoms with Crippen LogP contribution in [0.2, 0.25) is 0 Å². The van der Waals surface area contributed by atoms with Crippen molar-refractivity contribution < 1.29 is 4.79 Å². The third-order valence-corrected chi connectivity index (χ3v) is 5.19. The van der Waals surface area contributed by atoms with Crippen molar-refractivity contribution in [2.75, 3.05) is 18.8 Å². The van der Waals surface area contributed by atoms with Crippen molar-refractivity contribution in [3.63, 3.8) is 0 Å². The number of ketones is 1. The van der Waals surface area contributed by atoms with E-state index in [-0.39, 0.29) is 10.5 Å². The fourth-order valence-corrected chi connectivity index (χ4v) is 4.17. The molecule has 0 saturated carbocycles. The second-order valence-electron chi connectivity index (χ2n) is 4.89. The second-order valence-corrected chi connectivity index (χ2v) is 6.40. The number of benzene rings is 1. The van der Waals surface area contributed by atoms with E-state index >= 15 is 0 Å². The summed E-state index contributed by atoms with van der Waals surface area (Å²) in [6.45, 7) is 2.04. The van der Waals surface area contributed by atoms with Crippen molar-refractivity contribution in [1.82, 2.24) is 5.32 Å². The van der Waals surface area contributed by atoms with E-state index in [0.29, 0.717) is 12.1 Å². The SMILES string of the molecule is Nc1ccc2c(c1)C(=O)CC1(CCNCC1)S2. The molecule has 2 heterocycles. The van der Waals surface area contributed by atoms with Crippen LogP contribution in [-0.2, 0) is 0 Å². The first-order chi connectivity index (χ1) is 8.19. The molecule has 0 radical (unpaired) electrons. The zero-order valence-electron chi connectivity index (χ0n) is 9.66. The Labute approximate surface area is 105 Å². The third-order valence-electron chi connectivity index (χ3n) is 3.63. The largest absolute Gasteiger partial charge is 0.399 e. The van der Waals surface area contributed by atoms with Gasteiger partial charge in [0.2, 0.25) is 0 Å². The molecule has 90 valence electrons. The highest BCUT2D eigenvalue weighted by molar-refractivity contribution is 8.01. The van der Waals surface area contributed by atoms with Crippen LogP contribution in [0, 0.1) is 0 Å². The lowest BCUT2D eigenvalue weighted by Crippen LogP contribution is -2.42. The van der Waals surface area contributed by atoms with Crippen molar-refractivity contribution in [1.29, 1.82) is 0 Å². The van der Waals surface area contributed by atoms with E-state index in [9.17, 15) is 4.79 Å². The minimum Gasteiger partial charge on any atom is -0.399 e. The standard InChI is InChI=1S/C13H16N2OS/c14-9-1-2-12-10(7-9)11(16)8-13(17-12)3-5-15-6-4-13/h1-2,7,15H,3-6,8,14H2. The van der Waals surface area contributed by atoms with E-state index < -0.39 is 0 Å². The maximum Gasteiger partial charge on any atom is 0.165 e. The van der Waals surface area contributed by atoms with E-state index in [1.54, 1.807) is 0 Å². The summed E-state index contributed by atoms with van der Waals surface area (Å²) >= 11 is 1.88. The van der Waals surface area contributed by atoms with Gasteiger partial charge in [0.05, 0.1) is 0 Å². The van der Waals surface area contributed by atoms with Crippen LogP contribution in [0.4, 0.5) is 5.69 Å². The average Bonchev–Trinajstić information content (AvgIpc) is 2.31. The van der Waals surface area contributed by atoms with Gasteiger partial charge in [0, 0.05) is 27.3 Å². The molecular formula is C13H16N2OS. The Bertz CT molecular complexity index is 466. The number of nitrogens with two attached hydrogens (primary N) is 1. The molecule has 2 aliphatic rings. The molecule has 2 aliphatic heterocycles. The molecule has 0 aliphatic carbocycles. The Kier molecular flexibility index (Phi) is 2.64. The summed E-state index contributed by atoms with van der Waals surface area (Å²) in [7, 11) is 0. The van der Waals surface area contributed by atoms with Crippen LogP contribution in [-0.4, -0.2) is 23.6 Å². The molecule has 4 heteroatoms. The van der Waals surface area contributed by atoms with Gasteiger partial charge in [-0.05, 0) is 44.1 Å². The number of nitrogens with one attached hydrogen (secondary N) is 1. The van der Waals surface area contributed by atoms with Crippen LogP contribution in [0.15, 0.2) is 23.1 Å². The van der Waals surface area contributed by atoms with E-state index in [4.69, 9.17) is 5.73 Å². The van der Waals surface area contributed by atoms with Crippen molar-refractivity contribution in [2.24, 2.45) is 0 Å². The fourth-order valence-electron chi connectivity index (χ4n) is 2.67. The molecule has 1 fully saturated rings. The predicted molar refractivity (Wildman–Crippen MR) is 70.5 cm³/mol. The van der Waals surface area contributed by atoms with Gasteiger partial charge in [0.15, 0.2) is 5.78 Å². The Morgan fingerprint density at radius 2 is 2.06 bits per heavy atom. The monoisotopic (exact) mass is 248 g/mol. The summed E-state index contributed by atoms with van der Waals surface area (Å²) in [6, 6.07) is 5.70. The van der Waals surface area contributed by atoms with Gasteiger partial charge in [-0.15, -0.1) is 11.8 Å². The van der Waals surface area contributed by atoms with Crippen molar-refractivity contribution in [2.45, 2.75) is 28.9 Å². The maximum atomic E-state index is 12.2. The minimum atomic E-state index is 0.130. The molecule has 3 rings (SSSR count). The van der Waals surface area contributed by atoms with E-state index in [1.807, 2.05) is 30.0 Å². The number of piperidine rings is 1. The molecule has 3 N–H and O–H groups in total. The van der Waals surface area contributed by atoms with Gasteiger partial charge in [0.25, 0.3) is 0 Å². The van der Waals surface area contributed by atoms with Crippen molar-refractivity contribution >= 4 is 23.2 Å². The Hall–Kier alpha value is -1.00. The first kappa shape index (κ1) is 11.1. The molecule has 17 heavy (non-hydrogen) atoms. The highest BCUT2D eigenvalue weighted by Gasteiger charge is 2.40. The number of anilines is 1. The van der Waals surface area contributed by atoms with Crippen LogP contribution in [0.25, 0.3) is 0 Å². The first-order valence-electron chi connectivity index (χ1n) is 6.01. The van der Waals surface area contributed by atoms with E-state index in [0.717, 1.165) is 36.4 Å². The number of Topliss-reactive ketones (excluding diaryl/α,β-unsaturated/α-hetero) is 1. The van der Waals surface area contributed by atoms with Gasteiger partial charge in [-0.3, -0.25) is 4.79 Å². The smallest absolute Gasteiger partial charge is 0.165 e. The number of carbonyl (C=O) groups excluding carboxylic acids is 1. The number of hydrogen-bond donors (Lipinski definition) is 2. The quantitative estimate of drug-likeness (QED) is 0.690. The number of carbonyl (C=O) groups is 1. The molecule has 0 amide bonds. The minimum absolute atomic E-state index is 0.130. The van der Waals surface area contributed by atoms with Gasteiger partial charge in [-0.25, -0.2) is 0 Å². The molecule has 3 nitrogen and oxygen atoms in total. The molecule has 0 aromatic heterocycles. The Morgan fingerprint density at radius 3 is 2.82 bits per heavy atom. The van der Waals surface area contributed by atoms with Gasteiger partial charge in [-0.1, -0.05) is 0 Å². The molecule has 0 atom stereocenters. The lowest BCUT2D eigenvalue weighted by molar-refractivity contribution is 0.0955. The second kappa shape index (κ2) is 4.03. The molecule has 1 saturated heterocycles. The lowest BCUT2D eigenvalue weighted by Gasteiger charge is -2.39. The molecule has 0 unspecified atom stereocenters. The Morgan fingerprint density at radius 1 is 1.29 bits per heavy atom. The van der Waals surface area contributed by atoms with Crippen LogP contribution in [0.1, 0.15) is 29.6 Å². The van der Waals surface area contributed by atoms with Crippen LogP contribution in [0.5, 0.6) is 0 Å². The molecule has 1 spiro atoms. The first-order valence-corrected chi connectivity index (χ1v) is 6.83. The highest BCUT2D eigenvalue weighted by Crippen LogP contribution is 2.48. The van der Waals surface area contributed by atoms with Gasteiger partial charge in [0.1, 0.15) is 0 Å². The normalized spacial score (nSPS) is 22.5. The topological polar surface area (TPSA) is 55.1 Å². The van der Waals surface area contributed by atoms with E-state index in [1.165, 1.54) is 0 Å². The zero-order chi connectivity index (χ0) is 11.9. The fraction of sp³-hybridized carbons (Fsp3) is 0.462. The molecule has 1 aromatic carbocycles. The number of thioether (sulfide) groups is 1. The molecule has 0 bridgehead atoms. The predicted octanol–water partition coefficient (Wildman–Crippen LogP) is 2.07. The summed E-state index contributed by atoms with van der Waals surface area (Å²) in [5.41, 5.74) is 7.24. The lowest BCUT2D eigenvalue weighted by atomic mass is 9.88.